The van der Waals surface area contributed by atoms with Crippen molar-refractivity contribution in [3.63, 3.8) is 0 Å². The highest BCUT2D eigenvalue weighted by Crippen LogP contribution is 2.24. The molecule has 0 amide bonds. The van der Waals surface area contributed by atoms with Gasteiger partial charge in [-0.25, -0.2) is 0 Å². The third kappa shape index (κ3) is 3.64. The van der Waals surface area contributed by atoms with Gasteiger partial charge in [0.15, 0.2) is 5.82 Å². The van der Waals surface area contributed by atoms with Gasteiger partial charge in [-0.05, 0) is 12.1 Å². The van der Waals surface area contributed by atoms with Crippen LogP contribution < -0.4 is 9.80 Å². The summed E-state index contributed by atoms with van der Waals surface area (Å²) in [5, 5.41) is 9.79. The van der Waals surface area contributed by atoms with Gasteiger partial charge in [0.1, 0.15) is 5.75 Å². The van der Waals surface area contributed by atoms with Gasteiger partial charge in [-0.1, -0.05) is 12.1 Å². The van der Waals surface area contributed by atoms with E-state index in [2.05, 4.69) is 24.8 Å². The average Bonchev–Trinajstić information content (AvgIpc) is 2.69. The maximum atomic E-state index is 9.79. The fourth-order valence-electron chi connectivity index (χ4n) is 2.94. The quantitative estimate of drug-likeness (QED) is 0.881. The number of phenolic OH excluding ortho intramolecular Hbond substituents is 1. The smallest absolute Gasteiger partial charge is 0.230 e. The lowest BCUT2D eigenvalue weighted by Crippen LogP contribution is -2.40. The van der Waals surface area contributed by atoms with Crippen LogP contribution in [0.3, 0.4) is 0 Å². The summed E-state index contributed by atoms with van der Waals surface area (Å²) >= 11 is 0. The molecule has 132 valence electrons. The number of hydrogen-bond acceptors (Lipinski definition) is 8. The Bertz CT molecular complexity index is 694. The molecular formula is C17H21N5O3. The van der Waals surface area contributed by atoms with E-state index in [1.165, 1.54) is 0 Å². The molecule has 0 unspecified atom stereocenters. The van der Waals surface area contributed by atoms with E-state index in [1.54, 1.807) is 18.2 Å². The predicted octanol–water partition coefficient (Wildman–Crippen LogP) is 0.917. The SMILES string of the molecule is Oc1cccc(-c2nc(N3CCOCC3)nc(N3CCOCC3)n2)c1. The van der Waals surface area contributed by atoms with Gasteiger partial charge >= 0.3 is 0 Å². The Labute approximate surface area is 146 Å². The van der Waals surface area contributed by atoms with E-state index in [4.69, 9.17) is 9.47 Å². The lowest BCUT2D eigenvalue weighted by atomic mass is 10.2. The molecule has 1 N–H and O–H groups in total. The van der Waals surface area contributed by atoms with Crippen molar-refractivity contribution in [1.29, 1.82) is 0 Å². The van der Waals surface area contributed by atoms with Crippen LogP contribution in [-0.2, 0) is 9.47 Å². The Hall–Kier alpha value is -2.45. The van der Waals surface area contributed by atoms with Crippen LogP contribution in [-0.4, -0.2) is 72.7 Å². The molecule has 0 radical (unpaired) electrons. The average molecular weight is 343 g/mol. The van der Waals surface area contributed by atoms with Gasteiger partial charge in [-0.2, -0.15) is 15.0 Å². The highest BCUT2D eigenvalue weighted by atomic mass is 16.5. The van der Waals surface area contributed by atoms with Gasteiger partial charge in [0, 0.05) is 31.7 Å². The number of morpholine rings is 2. The van der Waals surface area contributed by atoms with Crippen LogP contribution in [0.4, 0.5) is 11.9 Å². The molecule has 4 rings (SSSR count). The molecule has 0 spiro atoms. The van der Waals surface area contributed by atoms with Crippen LogP contribution >= 0.6 is 0 Å². The molecule has 2 saturated heterocycles. The second-order valence-corrected chi connectivity index (χ2v) is 6.01. The highest BCUT2D eigenvalue weighted by molar-refractivity contribution is 5.60. The summed E-state index contributed by atoms with van der Waals surface area (Å²) in [6.45, 7) is 5.69. The molecule has 0 atom stereocenters. The van der Waals surface area contributed by atoms with Gasteiger partial charge < -0.3 is 24.4 Å². The molecule has 8 nitrogen and oxygen atoms in total. The van der Waals surface area contributed by atoms with Crippen molar-refractivity contribution >= 4 is 11.9 Å². The minimum Gasteiger partial charge on any atom is -0.508 e. The Kier molecular flexibility index (Phi) is 4.62. The zero-order valence-electron chi connectivity index (χ0n) is 14.0. The van der Waals surface area contributed by atoms with E-state index in [-0.39, 0.29) is 5.75 Å². The third-order valence-electron chi connectivity index (χ3n) is 4.30. The summed E-state index contributed by atoms with van der Waals surface area (Å²) in [5.74, 6) is 2.06. The van der Waals surface area contributed by atoms with E-state index in [0.717, 1.165) is 31.7 Å². The Morgan fingerprint density at radius 3 is 1.88 bits per heavy atom. The summed E-state index contributed by atoms with van der Waals surface area (Å²) in [6.07, 6.45) is 0. The Morgan fingerprint density at radius 2 is 1.36 bits per heavy atom. The molecule has 0 saturated carbocycles. The van der Waals surface area contributed by atoms with E-state index >= 15 is 0 Å². The van der Waals surface area contributed by atoms with Crippen LogP contribution in [0.5, 0.6) is 5.75 Å². The monoisotopic (exact) mass is 343 g/mol. The molecule has 2 aliphatic heterocycles. The first-order chi connectivity index (χ1) is 12.3. The van der Waals surface area contributed by atoms with Crippen molar-refractivity contribution in [3.05, 3.63) is 24.3 Å². The van der Waals surface area contributed by atoms with Crippen molar-refractivity contribution in [3.8, 4) is 17.1 Å². The number of benzene rings is 1. The third-order valence-corrected chi connectivity index (χ3v) is 4.30. The second-order valence-electron chi connectivity index (χ2n) is 6.01. The zero-order chi connectivity index (χ0) is 17.1. The minimum absolute atomic E-state index is 0.193. The van der Waals surface area contributed by atoms with E-state index < -0.39 is 0 Å². The van der Waals surface area contributed by atoms with Gasteiger partial charge in [0.25, 0.3) is 0 Å². The summed E-state index contributed by atoms with van der Waals surface area (Å²) in [5.41, 5.74) is 0.770. The number of ether oxygens (including phenoxy) is 2. The largest absolute Gasteiger partial charge is 0.508 e. The standard InChI is InChI=1S/C17H21N5O3/c23-14-3-1-2-13(12-14)15-18-16(21-4-8-24-9-5-21)20-17(19-15)22-6-10-25-11-7-22/h1-3,12,23H,4-11H2. The summed E-state index contributed by atoms with van der Waals surface area (Å²) in [4.78, 5) is 18.2. The molecule has 2 fully saturated rings. The van der Waals surface area contributed by atoms with Crippen LogP contribution in [0.25, 0.3) is 11.4 Å². The predicted molar refractivity (Wildman–Crippen MR) is 93.0 cm³/mol. The minimum atomic E-state index is 0.193. The van der Waals surface area contributed by atoms with Crippen molar-refractivity contribution in [2.45, 2.75) is 0 Å². The van der Waals surface area contributed by atoms with E-state index in [9.17, 15) is 5.11 Å². The first kappa shape index (κ1) is 16.0. The van der Waals surface area contributed by atoms with Gasteiger partial charge in [0.2, 0.25) is 11.9 Å². The molecule has 3 heterocycles. The Balaban J connectivity index is 1.73. The fraction of sp³-hybridized carbons (Fsp3) is 0.471. The van der Waals surface area contributed by atoms with Crippen LogP contribution in [0.1, 0.15) is 0 Å². The van der Waals surface area contributed by atoms with Gasteiger partial charge in [0.05, 0.1) is 26.4 Å². The number of hydrogen-bond donors (Lipinski definition) is 1. The number of phenols is 1. The lowest BCUT2D eigenvalue weighted by Gasteiger charge is -2.30. The molecule has 2 aliphatic rings. The van der Waals surface area contributed by atoms with Crippen molar-refractivity contribution < 1.29 is 14.6 Å². The lowest BCUT2D eigenvalue weighted by molar-refractivity contribution is 0.121. The number of nitrogens with zero attached hydrogens (tertiary/aromatic N) is 5. The molecule has 0 bridgehead atoms. The van der Waals surface area contributed by atoms with Crippen LogP contribution in [0.15, 0.2) is 24.3 Å². The van der Waals surface area contributed by atoms with Crippen molar-refractivity contribution in [1.82, 2.24) is 15.0 Å². The molecular weight excluding hydrogens is 322 g/mol. The van der Waals surface area contributed by atoms with Crippen LogP contribution in [0, 0.1) is 0 Å². The van der Waals surface area contributed by atoms with Crippen LogP contribution in [0.2, 0.25) is 0 Å². The second kappa shape index (κ2) is 7.20. The zero-order valence-corrected chi connectivity index (χ0v) is 14.0. The maximum absolute atomic E-state index is 9.79. The topological polar surface area (TPSA) is 83.8 Å². The number of anilines is 2. The molecule has 1 aromatic carbocycles. The first-order valence-corrected chi connectivity index (χ1v) is 8.50. The molecule has 0 aliphatic carbocycles. The summed E-state index contributed by atoms with van der Waals surface area (Å²) in [7, 11) is 0. The van der Waals surface area contributed by atoms with Gasteiger partial charge in [-0.3, -0.25) is 0 Å². The normalized spacial score (nSPS) is 18.4. The van der Waals surface area contributed by atoms with Crippen molar-refractivity contribution in [2.75, 3.05) is 62.4 Å². The summed E-state index contributed by atoms with van der Waals surface area (Å²) < 4.78 is 10.9. The number of aromatic nitrogens is 3. The molecule has 2 aromatic rings. The first-order valence-electron chi connectivity index (χ1n) is 8.50. The molecule has 1 aromatic heterocycles. The van der Waals surface area contributed by atoms with Gasteiger partial charge in [-0.15, -0.1) is 0 Å². The molecule has 8 heteroatoms. The van der Waals surface area contributed by atoms with E-state index in [1.807, 2.05) is 6.07 Å². The Morgan fingerprint density at radius 1 is 0.800 bits per heavy atom. The molecule has 25 heavy (non-hydrogen) atoms. The summed E-state index contributed by atoms with van der Waals surface area (Å²) in [6, 6.07) is 6.98. The number of rotatable bonds is 3. The van der Waals surface area contributed by atoms with E-state index in [0.29, 0.717) is 44.1 Å². The van der Waals surface area contributed by atoms with Crippen molar-refractivity contribution in [2.24, 2.45) is 0 Å². The number of aromatic hydroxyl groups is 1. The maximum Gasteiger partial charge on any atom is 0.230 e. The highest BCUT2D eigenvalue weighted by Gasteiger charge is 2.21. The fourth-order valence-corrected chi connectivity index (χ4v) is 2.94.